The van der Waals surface area contributed by atoms with Crippen LogP contribution in [0.1, 0.15) is 90.1 Å². The maximum Gasteiger partial charge on any atom is 0.499 e. The molecule has 1 spiro atoms. The van der Waals surface area contributed by atoms with Gasteiger partial charge in [-0.05, 0) is 137 Å². The fraction of sp³-hybridized carbons (Fsp3) is 0.213. The third kappa shape index (κ3) is 5.62. The number of hydrogen-bond acceptors (Lipinski definition) is 1. The summed E-state index contributed by atoms with van der Waals surface area (Å²) in [5.41, 5.74) is 16.0. The van der Waals surface area contributed by atoms with Crippen molar-refractivity contribution in [2.24, 2.45) is 0 Å². The highest BCUT2D eigenvalue weighted by atomic mass is 16.5. The smallest absolute Gasteiger partial charge is 0.392 e. The first-order chi connectivity index (χ1) is 34.1. The number of pyridine rings is 1. The van der Waals surface area contributed by atoms with Gasteiger partial charge in [0, 0.05) is 28.8 Å². The summed E-state index contributed by atoms with van der Waals surface area (Å²) in [4.78, 5) is 0. The number of nitrogens with zero attached hydrogens (tertiary/aromatic N) is 3. The summed E-state index contributed by atoms with van der Waals surface area (Å²) >= 11 is 0. The highest BCUT2D eigenvalue weighted by Gasteiger charge is 2.69. The van der Waals surface area contributed by atoms with E-state index in [1.165, 1.54) is 5.56 Å². The van der Waals surface area contributed by atoms with Gasteiger partial charge in [0.15, 0.2) is 23.0 Å². The third-order valence-electron chi connectivity index (χ3n) is 13.8. The normalized spacial score (nSPS) is 16.9. The lowest BCUT2D eigenvalue weighted by Crippen LogP contribution is -2.78. The molecule has 0 saturated carbocycles. The number of aromatic nitrogens is 3. The average Bonchev–Trinajstić information content (AvgIpc) is 3.85. The van der Waals surface area contributed by atoms with Gasteiger partial charge in [-0.2, -0.15) is 4.57 Å². The molecule has 5 heterocycles. The number of benzene rings is 7. The van der Waals surface area contributed by atoms with Crippen LogP contribution >= 0.6 is 0 Å². The Hall–Kier alpha value is -7.04. The molecule has 3 aliphatic heterocycles. The molecule has 4 heteroatoms. The molecule has 65 heavy (non-hydrogen) atoms. The van der Waals surface area contributed by atoms with Gasteiger partial charge in [0.1, 0.15) is 18.2 Å². The molecular formula is C61H55N3O+2. The van der Waals surface area contributed by atoms with Crippen LogP contribution in [-0.4, -0.2) is 4.57 Å². The van der Waals surface area contributed by atoms with Crippen LogP contribution < -0.4 is 13.9 Å². The Morgan fingerprint density at radius 2 is 1.26 bits per heavy atom. The molecule has 0 amide bonds. The number of aryl methyl sites for hydroxylation is 3. The zero-order valence-corrected chi connectivity index (χ0v) is 38.6. The van der Waals surface area contributed by atoms with Crippen LogP contribution in [0.4, 0.5) is 0 Å². The van der Waals surface area contributed by atoms with E-state index in [2.05, 4.69) is 168 Å². The fourth-order valence-corrected chi connectivity index (χ4v) is 10.6. The van der Waals surface area contributed by atoms with Crippen LogP contribution in [0.25, 0.3) is 83.9 Å². The quantitative estimate of drug-likeness (QED) is 0.162. The molecule has 9 aromatic rings. The molecule has 2 aromatic heterocycles. The van der Waals surface area contributed by atoms with E-state index in [9.17, 15) is 6.85 Å². The minimum absolute atomic E-state index is 0.0479. The number of para-hydroxylation sites is 1. The van der Waals surface area contributed by atoms with E-state index in [4.69, 9.17) is 7.48 Å². The van der Waals surface area contributed by atoms with E-state index in [0.717, 1.165) is 89.3 Å². The molecule has 0 radical (unpaired) electrons. The topological polar surface area (TPSA) is 21.9 Å². The zero-order chi connectivity index (χ0) is 51.0. The van der Waals surface area contributed by atoms with Crippen LogP contribution in [0, 0.1) is 27.7 Å². The predicted octanol–water partition coefficient (Wildman–Crippen LogP) is 14.3. The van der Waals surface area contributed by atoms with Crippen molar-refractivity contribution in [2.75, 3.05) is 0 Å². The van der Waals surface area contributed by atoms with E-state index < -0.39 is 11.9 Å². The monoisotopic (exact) mass is 852 g/mol. The largest absolute Gasteiger partial charge is 0.499 e. The number of hydrogen-bond donors (Lipinski definition) is 0. The first-order valence-electron chi connectivity index (χ1n) is 26.1. The van der Waals surface area contributed by atoms with Gasteiger partial charge in [-0.1, -0.05) is 138 Å². The van der Waals surface area contributed by atoms with Crippen LogP contribution in [0.3, 0.4) is 0 Å². The molecule has 7 aromatic carbocycles. The molecule has 318 valence electrons. The van der Waals surface area contributed by atoms with Crippen molar-refractivity contribution >= 4 is 11.0 Å². The highest BCUT2D eigenvalue weighted by Crippen LogP contribution is 2.55. The number of rotatable bonds is 4. The number of imidazole rings is 1. The van der Waals surface area contributed by atoms with Crippen molar-refractivity contribution in [2.45, 2.75) is 85.9 Å². The van der Waals surface area contributed by atoms with Gasteiger partial charge in [0.05, 0.1) is 13.8 Å². The minimum Gasteiger partial charge on any atom is -0.392 e. The molecule has 4 nitrogen and oxygen atoms in total. The third-order valence-corrected chi connectivity index (χ3v) is 13.8. The number of fused-ring (bicyclic) bond motifs is 5. The second kappa shape index (κ2) is 13.5. The molecule has 12 rings (SSSR count). The summed E-state index contributed by atoms with van der Waals surface area (Å²) in [5.74, 6) is -0.282. The fourth-order valence-electron chi connectivity index (χ4n) is 10.6. The lowest BCUT2D eigenvalue weighted by Gasteiger charge is -2.33. The Labute approximate surface area is 392 Å². The van der Waals surface area contributed by atoms with E-state index in [0.29, 0.717) is 17.0 Å². The highest BCUT2D eigenvalue weighted by molar-refractivity contribution is 5.99. The SMILES string of the molecule is [2H]c1c([2H])c(-c2c([2H])c([2H])[n+]3c(c2[2H])-c2cc(C(C)(C)C)cc4c2C32Oc3c(C)cc(C)cc3-c3n(-c5cc(-c6ccccc6)c(C)cc5-c5ccc(C(C)(C)C)cc5)c5cccc-4c5[n+]32)c([2H])c([2H])c1C. The van der Waals surface area contributed by atoms with Crippen molar-refractivity contribution in [1.29, 1.82) is 0 Å². The molecule has 0 fully saturated rings. The van der Waals surface area contributed by atoms with Crippen molar-refractivity contribution in [3.63, 3.8) is 0 Å². The van der Waals surface area contributed by atoms with Gasteiger partial charge < -0.3 is 4.74 Å². The summed E-state index contributed by atoms with van der Waals surface area (Å²) in [6.07, 6.45) is -0.291. The van der Waals surface area contributed by atoms with Gasteiger partial charge in [0.2, 0.25) is 5.69 Å². The van der Waals surface area contributed by atoms with Crippen molar-refractivity contribution in [3.8, 4) is 78.6 Å². The van der Waals surface area contributed by atoms with Gasteiger partial charge in [-0.15, -0.1) is 9.13 Å². The van der Waals surface area contributed by atoms with Crippen molar-refractivity contribution in [3.05, 3.63) is 191 Å². The maximum absolute atomic E-state index is 10.3. The standard InChI is InChI=1S/C61H55N3O/c1-36-19-21-40(22-20-36)43-27-28-62-53(32-43)50-34-45(60(8,9)10)33-49-46-17-14-18-52-56(46)64-58(51-30-37(2)29-39(4)57(51)65-61(62,64)55(49)50)63(52)54-35-47(41-15-12-11-13-16-41)38(3)31-48(54)42-23-25-44(26-24-42)59(5,6)7/h11-35H,1-10H3/q+2/i19D,20D,21D,22D,27D,28D,32D. The summed E-state index contributed by atoms with van der Waals surface area (Å²) in [7, 11) is 0. The van der Waals surface area contributed by atoms with Gasteiger partial charge in [0.25, 0.3) is 0 Å². The average molecular weight is 853 g/mol. The summed E-state index contributed by atoms with van der Waals surface area (Å²) in [5, 5.41) is 0. The van der Waals surface area contributed by atoms with E-state index in [-0.39, 0.29) is 63.9 Å². The zero-order valence-electron chi connectivity index (χ0n) is 45.6. The lowest BCUT2D eigenvalue weighted by atomic mass is 9.80. The Morgan fingerprint density at radius 3 is 1.98 bits per heavy atom. The molecule has 0 N–H and O–H groups in total. The molecule has 1 atom stereocenters. The Morgan fingerprint density at radius 1 is 0.554 bits per heavy atom. The Balaban J connectivity index is 1.30. The lowest BCUT2D eigenvalue weighted by molar-refractivity contribution is -0.997. The molecule has 0 saturated heterocycles. The summed E-state index contributed by atoms with van der Waals surface area (Å²) < 4.78 is 80.6. The van der Waals surface area contributed by atoms with Gasteiger partial charge in [-0.3, -0.25) is 0 Å². The van der Waals surface area contributed by atoms with Crippen LogP contribution in [0.2, 0.25) is 0 Å². The van der Waals surface area contributed by atoms with Crippen molar-refractivity contribution < 1.29 is 23.5 Å². The molecule has 0 bridgehead atoms. The van der Waals surface area contributed by atoms with Gasteiger partial charge in [-0.25, -0.2) is 0 Å². The van der Waals surface area contributed by atoms with E-state index in [1.807, 2.05) is 13.0 Å². The number of ether oxygens (including phenoxy) is 1. The van der Waals surface area contributed by atoms with Crippen LogP contribution in [0.5, 0.6) is 5.75 Å². The second-order valence-corrected chi connectivity index (χ2v) is 20.3. The van der Waals surface area contributed by atoms with Crippen LogP contribution in [-0.2, 0) is 16.7 Å². The summed E-state index contributed by atoms with van der Waals surface area (Å²) in [6.45, 7) is 21.0. The molecule has 0 aliphatic carbocycles. The predicted molar refractivity (Wildman–Crippen MR) is 266 cm³/mol. The van der Waals surface area contributed by atoms with E-state index >= 15 is 0 Å². The molecule has 1 unspecified atom stereocenters. The van der Waals surface area contributed by atoms with E-state index in [1.54, 1.807) is 11.5 Å². The summed E-state index contributed by atoms with van der Waals surface area (Å²) in [6, 6.07) is 37.2. The van der Waals surface area contributed by atoms with Gasteiger partial charge >= 0.3 is 11.7 Å². The van der Waals surface area contributed by atoms with Crippen LogP contribution in [0.15, 0.2) is 152 Å². The first kappa shape index (κ1) is 32.6. The minimum atomic E-state index is -1.69. The second-order valence-electron chi connectivity index (χ2n) is 20.3. The Kier molecular flexibility index (Phi) is 6.77. The Bertz CT molecular complexity index is 3890. The first-order valence-corrected chi connectivity index (χ1v) is 22.6. The molecule has 3 aliphatic rings. The molecular weight excluding hydrogens is 791 g/mol. The maximum atomic E-state index is 10.3. The van der Waals surface area contributed by atoms with Crippen molar-refractivity contribution in [1.82, 2.24) is 4.57 Å².